The van der Waals surface area contributed by atoms with Gasteiger partial charge in [0.1, 0.15) is 5.82 Å². The number of rotatable bonds is 3. The van der Waals surface area contributed by atoms with Crippen LogP contribution in [0, 0.1) is 19.7 Å². The Hall–Kier alpha value is -2.16. The van der Waals surface area contributed by atoms with Gasteiger partial charge < -0.3 is 4.90 Å². The molecular formula is C17H18FNO. The highest BCUT2D eigenvalue weighted by Crippen LogP contribution is 2.15. The Bertz CT molecular complexity index is 637. The molecule has 104 valence electrons. The maximum Gasteiger partial charge on any atom is 0.256 e. The quantitative estimate of drug-likeness (QED) is 0.833. The van der Waals surface area contributed by atoms with Crippen LogP contribution in [0.5, 0.6) is 0 Å². The van der Waals surface area contributed by atoms with Crippen LogP contribution >= 0.6 is 0 Å². The van der Waals surface area contributed by atoms with Gasteiger partial charge in [-0.05, 0) is 37.1 Å². The maximum atomic E-state index is 13.6. The lowest BCUT2D eigenvalue weighted by Gasteiger charge is -2.19. The van der Waals surface area contributed by atoms with Crippen LogP contribution in [0.4, 0.5) is 4.39 Å². The van der Waals surface area contributed by atoms with Gasteiger partial charge >= 0.3 is 0 Å². The van der Waals surface area contributed by atoms with Gasteiger partial charge in [-0.15, -0.1) is 0 Å². The van der Waals surface area contributed by atoms with Crippen molar-refractivity contribution in [2.45, 2.75) is 20.4 Å². The summed E-state index contributed by atoms with van der Waals surface area (Å²) in [4.78, 5) is 13.8. The van der Waals surface area contributed by atoms with E-state index in [9.17, 15) is 9.18 Å². The van der Waals surface area contributed by atoms with Gasteiger partial charge in [0.15, 0.2) is 0 Å². The van der Waals surface area contributed by atoms with Crippen molar-refractivity contribution in [2.75, 3.05) is 7.05 Å². The fourth-order valence-corrected chi connectivity index (χ4v) is 2.19. The topological polar surface area (TPSA) is 20.3 Å². The van der Waals surface area contributed by atoms with Crippen molar-refractivity contribution in [3.63, 3.8) is 0 Å². The SMILES string of the molecule is Cc1ccc(CN(C)C(=O)c2ccccc2F)c(C)c1. The van der Waals surface area contributed by atoms with Crippen molar-refractivity contribution >= 4 is 5.91 Å². The number of aryl methyl sites for hydroxylation is 2. The second kappa shape index (κ2) is 5.87. The molecular weight excluding hydrogens is 253 g/mol. The predicted molar refractivity (Wildman–Crippen MR) is 78.1 cm³/mol. The fourth-order valence-electron chi connectivity index (χ4n) is 2.19. The van der Waals surface area contributed by atoms with Gasteiger partial charge in [0.05, 0.1) is 5.56 Å². The Labute approximate surface area is 118 Å². The number of hydrogen-bond donors (Lipinski definition) is 0. The summed E-state index contributed by atoms with van der Waals surface area (Å²) >= 11 is 0. The second-order valence-electron chi connectivity index (χ2n) is 5.07. The van der Waals surface area contributed by atoms with Crippen LogP contribution in [0.3, 0.4) is 0 Å². The molecule has 0 aliphatic heterocycles. The summed E-state index contributed by atoms with van der Waals surface area (Å²) < 4.78 is 13.6. The van der Waals surface area contributed by atoms with Crippen molar-refractivity contribution < 1.29 is 9.18 Å². The molecule has 2 aromatic rings. The zero-order valence-electron chi connectivity index (χ0n) is 12.0. The number of carbonyl (C=O) groups is 1. The molecule has 0 radical (unpaired) electrons. The first-order valence-corrected chi connectivity index (χ1v) is 6.55. The van der Waals surface area contributed by atoms with Gasteiger partial charge in [0.2, 0.25) is 0 Å². The van der Waals surface area contributed by atoms with Crippen molar-refractivity contribution in [3.05, 3.63) is 70.5 Å². The van der Waals surface area contributed by atoms with Crippen LogP contribution in [-0.4, -0.2) is 17.9 Å². The van der Waals surface area contributed by atoms with Crippen LogP contribution in [0.1, 0.15) is 27.0 Å². The summed E-state index contributed by atoms with van der Waals surface area (Å²) in [5, 5.41) is 0. The first-order valence-electron chi connectivity index (χ1n) is 6.55. The molecule has 2 aromatic carbocycles. The first kappa shape index (κ1) is 14.3. The van der Waals surface area contributed by atoms with Crippen LogP contribution in [0.25, 0.3) is 0 Å². The first-order chi connectivity index (χ1) is 9.49. The van der Waals surface area contributed by atoms with E-state index in [1.807, 2.05) is 26.0 Å². The van der Waals surface area contributed by atoms with E-state index in [2.05, 4.69) is 6.07 Å². The largest absolute Gasteiger partial charge is 0.337 e. The van der Waals surface area contributed by atoms with E-state index in [0.717, 1.165) is 11.1 Å². The minimum absolute atomic E-state index is 0.111. The molecule has 0 unspecified atom stereocenters. The van der Waals surface area contributed by atoms with Gasteiger partial charge in [-0.3, -0.25) is 4.79 Å². The Morgan fingerprint density at radius 1 is 1.15 bits per heavy atom. The number of carbonyl (C=O) groups excluding carboxylic acids is 1. The summed E-state index contributed by atoms with van der Waals surface area (Å²) in [7, 11) is 1.69. The Kier molecular flexibility index (Phi) is 4.18. The highest BCUT2D eigenvalue weighted by molar-refractivity contribution is 5.94. The molecule has 0 saturated carbocycles. The van der Waals surface area contributed by atoms with Crippen LogP contribution in [0.15, 0.2) is 42.5 Å². The number of benzene rings is 2. The van der Waals surface area contributed by atoms with Gasteiger partial charge in [0, 0.05) is 13.6 Å². The normalized spacial score (nSPS) is 10.4. The molecule has 0 fully saturated rings. The maximum absolute atomic E-state index is 13.6. The second-order valence-corrected chi connectivity index (χ2v) is 5.07. The Morgan fingerprint density at radius 3 is 2.50 bits per heavy atom. The van der Waals surface area contributed by atoms with Crippen LogP contribution < -0.4 is 0 Å². The van der Waals surface area contributed by atoms with Gasteiger partial charge in [-0.1, -0.05) is 35.9 Å². The molecule has 2 nitrogen and oxygen atoms in total. The predicted octanol–water partition coefficient (Wildman–Crippen LogP) is 3.71. The summed E-state index contributed by atoms with van der Waals surface area (Å²) in [6, 6.07) is 12.2. The monoisotopic (exact) mass is 271 g/mol. The van der Waals surface area contributed by atoms with Crippen molar-refractivity contribution in [1.82, 2.24) is 4.90 Å². The Balaban J connectivity index is 2.18. The third-order valence-corrected chi connectivity index (χ3v) is 3.36. The van der Waals surface area contributed by atoms with E-state index < -0.39 is 5.82 Å². The standard InChI is InChI=1S/C17H18FNO/c1-12-8-9-14(13(2)10-12)11-19(3)17(20)15-6-4-5-7-16(15)18/h4-10H,11H2,1-3H3. The van der Waals surface area contributed by atoms with Gasteiger partial charge in [-0.2, -0.15) is 0 Å². The smallest absolute Gasteiger partial charge is 0.256 e. The molecule has 20 heavy (non-hydrogen) atoms. The summed E-state index contributed by atoms with van der Waals surface area (Å²) in [5.74, 6) is -0.784. The van der Waals surface area contributed by atoms with Crippen molar-refractivity contribution in [3.8, 4) is 0 Å². The summed E-state index contributed by atoms with van der Waals surface area (Å²) in [5.41, 5.74) is 3.51. The zero-order chi connectivity index (χ0) is 14.7. The molecule has 1 amide bonds. The molecule has 2 rings (SSSR count). The van der Waals surface area contributed by atoms with E-state index in [4.69, 9.17) is 0 Å². The summed E-state index contributed by atoms with van der Waals surface area (Å²) in [6.07, 6.45) is 0. The number of amides is 1. The van der Waals surface area contributed by atoms with Crippen molar-refractivity contribution in [1.29, 1.82) is 0 Å². The highest BCUT2D eigenvalue weighted by Gasteiger charge is 2.16. The van der Waals surface area contributed by atoms with Crippen LogP contribution in [0.2, 0.25) is 0 Å². The van der Waals surface area contributed by atoms with E-state index in [0.29, 0.717) is 6.54 Å². The molecule has 0 heterocycles. The molecule has 0 bridgehead atoms. The zero-order valence-corrected chi connectivity index (χ0v) is 12.0. The molecule has 0 saturated heterocycles. The van der Waals surface area contributed by atoms with Crippen molar-refractivity contribution in [2.24, 2.45) is 0 Å². The number of nitrogens with zero attached hydrogens (tertiary/aromatic N) is 1. The highest BCUT2D eigenvalue weighted by atomic mass is 19.1. The van der Waals surface area contributed by atoms with E-state index in [-0.39, 0.29) is 11.5 Å². The molecule has 0 spiro atoms. The molecule has 0 aromatic heterocycles. The fraction of sp³-hybridized carbons (Fsp3) is 0.235. The lowest BCUT2D eigenvalue weighted by Crippen LogP contribution is -2.27. The Morgan fingerprint density at radius 2 is 1.85 bits per heavy atom. The molecule has 3 heteroatoms. The molecule has 0 aliphatic carbocycles. The van der Waals surface area contributed by atoms with E-state index in [1.165, 1.54) is 22.6 Å². The minimum Gasteiger partial charge on any atom is -0.337 e. The third kappa shape index (κ3) is 3.05. The molecule has 0 atom stereocenters. The molecule has 0 N–H and O–H groups in total. The lowest BCUT2D eigenvalue weighted by molar-refractivity contribution is 0.0780. The van der Waals surface area contributed by atoms with E-state index in [1.54, 1.807) is 19.2 Å². The number of hydrogen-bond acceptors (Lipinski definition) is 1. The lowest BCUT2D eigenvalue weighted by atomic mass is 10.1. The summed E-state index contributed by atoms with van der Waals surface area (Å²) in [6.45, 7) is 4.52. The van der Waals surface area contributed by atoms with Gasteiger partial charge in [0.25, 0.3) is 5.91 Å². The third-order valence-electron chi connectivity index (χ3n) is 3.36. The van der Waals surface area contributed by atoms with E-state index >= 15 is 0 Å². The minimum atomic E-state index is -0.482. The van der Waals surface area contributed by atoms with Crippen LogP contribution in [-0.2, 0) is 6.54 Å². The molecule has 0 aliphatic rings. The van der Waals surface area contributed by atoms with Gasteiger partial charge in [-0.25, -0.2) is 4.39 Å². The average molecular weight is 271 g/mol. The number of halogens is 1. The average Bonchev–Trinajstić information content (AvgIpc) is 2.41.